The summed E-state index contributed by atoms with van der Waals surface area (Å²) in [6.07, 6.45) is 3.47. The fraction of sp³-hybridized carbons (Fsp3) is 0. The number of nitrogens with zero attached hydrogens (tertiary/aromatic N) is 2. The van der Waals surface area contributed by atoms with Crippen LogP contribution < -0.4 is 0 Å². The van der Waals surface area contributed by atoms with Gasteiger partial charge in [-0.1, -0.05) is 72.8 Å². The molecule has 2 aromatic carbocycles. The van der Waals surface area contributed by atoms with Crippen molar-refractivity contribution in [2.75, 3.05) is 0 Å². The summed E-state index contributed by atoms with van der Waals surface area (Å²) in [5.41, 5.74) is 2.55. The first-order chi connectivity index (χ1) is 9.83. The highest BCUT2D eigenvalue weighted by atomic mass is 14.8. The summed E-state index contributed by atoms with van der Waals surface area (Å²) in [6, 6.07) is 19.1. The third kappa shape index (κ3) is 3.45. The fourth-order valence-corrected chi connectivity index (χ4v) is 1.74. The molecule has 0 saturated carbocycles. The van der Waals surface area contributed by atoms with Crippen LogP contribution in [0.4, 0.5) is 0 Å². The standard InChI is InChI=1S/C18H12N2/c1-19-17(13-15-9-5-3-6-10-15)18(20-2)14-16-11-7-4-8-12-16/h3-14H/b17-13-,18-14-. The van der Waals surface area contributed by atoms with E-state index in [1.807, 2.05) is 60.7 Å². The van der Waals surface area contributed by atoms with Crippen LogP contribution in [0.1, 0.15) is 11.1 Å². The average Bonchev–Trinajstić information content (AvgIpc) is 2.52. The van der Waals surface area contributed by atoms with E-state index in [1.54, 1.807) is 12.2 Å². The fourth-order valence-electron chi connectivity index (χ4n) is 1.74. The van der Waals surface area contributed by atoms with Gasteiger partial charge in [-0.25, -0.2) is 0 Å². The maximum atomic E-state index is 7.28. The molecule has 0 atom stereocenters. The van der Waals surface area contributed by atoms with Gasteiger partial charge in [-0.05, 0) is 11.1 Å². The van der Waals surface area contributed by atoms with Gasteiger partial charge in [0.15, 0.2) is 11.4 Å². The van der Waals surface area contributed by atoms with Crippen LogP contribution in [0, 0.1) is 13.1 Å². The van der Waals surface area contributed by atoms with Gasteiger partial charge in [0.25, 0.3) is 0 Å². The van der Waals surface area contributed by atoms with E-state index in [2.05, 4.69) is 9.69 Å². The van der Waals surface area contributed by atoms with Gasteiger partial charge in [0, 0.05) is 0 Å². The largest absolute Gasteiger partial charge is 0.250 e. The average molecular weight is 256 g/mol. The Kier molecular flexibility index (Phi) is 4.49. The molecule has 0 aromatic heterocycles. The molecule has 0 unspecified atom stereocenters. The van der Waals surface area contributed by atoms with Crippen molar-refractivity contribution >= 4 is 12.2 Å². The van der Waals surface area contributed by atoms with Crippen molar-refractivity contribution in [3.63, 3.8) is 0 Å². The number of rotatable bonds is 3. The summed E-state index contributed by atoms with van der Waals surface area (Å²) in [5.74, 6) is 0. The van der Waals surface area contributed by atoms with E-state index in [-0.39, 0.29) is 0 Å². The van der Waals surface area contributed by atoms with Gasteiger partial charge in [-0.15, -0.1) is 0 Å². The van der Waals surface area contributed by atoms with Gasteiger partial charge in [-0.2, -0.15) is 0 Å². The van der Waals surface area contributed by atoms with E-state index in [9.17, 15) is 0 Å². The molecule has 0 aliphatic carbocycles. The Hall–Kier alpha value is -3.10. The molecule has 94 valence electrons. The van der Waals surface area contributed by atoms with Crippen LogP contribution in [0.5, 0.6) is 0 Å². The maximum absolute atomic E-state index is 7.28. The van der Waals surface area contributed by atoms with Crippen molar-refractivity contribution in [3.8, 4) is 0 Å². The Morgan fingerprint density at radius 1 is 0.650 bits per heavy atom. The Morgan fingerprint density at radius 3 is 1.30 bits per heavy atom. The highest BCUT2D eigenvalue weighted by Gasteiger charge is 2.05. The molecule has 20 heavy (non-hydrogen) atoms. The molecule has 0 spiro atoms. The van der Waals surface area contributed by atoms with Crippen LogP contribution in [0.2, 0.25) is 0 Å². The lowest BCUT2D eigenvalue weighted by atomic mass is 10.1. The second-order valence-electron chi connectivity index (χ2n) is 4.10. The SMILES string of the molecule is [C-]#[N+]C(=C\c1ccccc1)/C(=C/c1ccccc1)[N+]#[C-]. The summed E-state index contributed by atoms with van der Waals surface area (Å²) in [7, 11) is 0. The molecule has 0 radical (unpaired) electrons. The van der Waals surface area contributed by atoms with E-state index in [1.165, 1.54) is 0 Å². The molecule has 0 heterocycles. The minimum atomic E-state index is 0.357. The molecular weight excluding hydrogens is 244 g/mol. The Morgan fingerprint density at radius 2 is 1.00 bits per heavy atom. The molecular formula is C18H12N2. The zero-order chi connectivity index (χ0) is 14.2. The molecule has 2 rings (SSSR count). The Labute approximate surface area is 119 Å². The van der Waals surface area contributed by atoms with Crippen LogP contribution in [0.25, 0.3) is 21.8 Å². The first-order valence-electron chi connectivity index (χ1n) is 6.12. The van der Waals surface area contributed by atoms with Crippen molar-refractivity contribution in [1.29, 1.82) is 0 Å². The molecule has 2 nitrogen and oxygen atoms in total. The summed E-state index contributed by atoms with van der Waals surface area (Å²) in [4.78, 5) is 6.96. The van der Waals surface area contributed by atoms with Crippen molar-refractivity contribution in [2.24, 2.45) is 0 Å². The summed E-state index contributed by atoms with van der Waals surface area (Å²) in [6.45, 7) is 14.6. The van der Waals surface area contributed by atoms with E-state index >= 15 is 0 Å². The van der Waals surface area contributed by atoms with Gasteiger partial charge in [0.2, 0.25) is 0 Å². The summed E-state index contributed by atoms with van der Waals surface area (Å²) in [5, 5.41) is 0. The Balaban J connectivity index is 2.40. The zero-order valence-electron chi connectivity index (χ0n) is 10.8. The molecule has 0 saturated heterocycles. The zero-order valence-corrected chi connectivity index (χ0v) is 10.8. The van der Waals surface area contributed by atoms with Crippen molar-refractivity contribution in [1.82, 2.24) is 0 Å². The van der Waals surface area contributed by atoms with E-state index in [4.69, 9.17) is 13.1 Å². The number of hydrogen-bond donors (Lipinski definition) is 0. The molecule has 0 aliphatic rings. The van der Waals surface area contributed by atoms with E-state index in [0.717, 1.165) is 11.1 Å². The second kappa shape index (κ2) is 6.73. The monoisotopic (exact) mass is 256 g/mol. The molecule has 0 N–H and O–H groups in total. The third-order valence-electron chi connectivity index (χ3n) is 2.71. The Bertz CT molecular complexity index is 646. The lowest BCUT2D eigenvalue weighted by Gasteiger charge is -1.99. The molecule has 0 amide bonds. The first kappa shape index (κ1) is 13.3. The molecule has 2 heteroatoms. The quantitative estimate of drug-likeness (QED) is 0.545. The van der Waals surface area contributed by atoms with E-state index < -0.39 is 0 Å². The smallest absolute Gasteiger partial charge is 0.195 e. The minimum Gasteiger partial charge on any atom is -0.250 e. The minimum absolute atomic E-state index is 0.357. The van der Waals surface area contributed by atoms with Crippen LogP contribution in [-0.4, -0.2) is 0 Å². The lowest BCUT2D eigenvalue weighted by Crippen LogP contribution is -1.81. The topological polar surface area (TPSA) is 8.72 Å². The predicted molar refractivity (Wildman–Crippen MR) is 82.0 cm³/mol. The van der Waals surface area contributed by atoms with Crippen LogP contribution in [0.3, 0.4) is 0 Å². The number of benzene rings is 2. The van der Waals surface area contributed by atoms with Gasteiger partial charge >= 0.3 is 0 Å². The van der Waals surface area contributed by atoms with Crippen molar-refractivity contribution in [3.05, 3.63) is 106 Å². The molecule has 2 aromatic rings. The van der Waals surface area contributed by atoms with E-state index in [0.29, 0.717) is 11.4 Å². The normalized spacial score (nSPS) is 11.5. The first-order valence-corrected chi connectivity index (χ1v) is 6.12. The second-order valence-corrected chi connectivity index (χ2v) is 4.10. The highest BCUT2D eigenvalue weighted by molar-refractivity contribution is 5.69. The maximum Gasteiger partial charge on any atom is 0.195 e. The van der Waals surface area contributed by atoms with Crippen LogP contribution >= 0.6 is 0 Å². The number of hydrogen-bond acceptors (Lipinski definition) is 0. The lowest BCUT2D eigenvalue weighted by molar-refractivity contribution is 1.56. The highest BCUT2D eigenvalue weighted by Crippen LogP contribution is 2.20. The molecule has 0 aliphatic heterocycles. The van der Waals surface area contributed by atoms with Gasteiger partial charge in [-0.3, -0.25) is 9.69 Å². The van der Waals surface area contributed by atoms with Gasteiger partial charge in [0.05, 0.1) is 13.1 Å². The van der Waals surface area contributed by atoms with Crippen molar-refractivity contribution in [2.45, 2.75) is 0 Å². The molecule has 0 fully saturated rings. The van der Waals surface area contributed by atoms with Gasteiger partial charge < -0.3 is 0 Å². The summed E-state index contributed by atoms with van der Waals surface area (Å²) < 4.78 is 0. The third-order valence-corrected chi connectivity index (χ3v) is 2.71. The van der Waals surface area contributed by atoms with Crippen LogP contribution in [0.15, 0.2) is 72.1 Å². The van der Waals surface area contributed by atoms with Gasteiger partial charge in [0.1, 0.15) is 0 Å². The summed E-state index contributed by atoms with van der Waals surface area (Å²) >= 11 is 0. The molecule has 0 bridgehead atoms. The predicted octanol–water partition coefficient (Wildman–Crippen LogP) is 4.91. The van der Waals surface area contributed by atoms with Crippen molar-refractivity contribution < 1.29 is 0 Å². The van der Waals surface area contributed by atoms with Crippen LogP contribution in [-0.2, 0) is 0 Å².